The van der Waals surface area contributed by atoms with Gasteiger partial charge in [0.1, 0.15) is 0 Å². The van der Waals surface area contributed by atoms with E-state index in [1.807, 2.05) is 0 Å². The van der Waals surface area contributed by atoms with Crippen LogP contribution in [0.2, 0.25) is 0 Å². The van der Waals surface area contributed by atoms with Gasteiger partial charge < -0.3 is 5.11 Å². The summed E-state index contributed by atoms with van der Waals surface area (Å²) in [6.45, 7) is 4.75. The fraction of sp³-hybridized carbons (Fsp3) is 0.778. The van der Waals surface area contributed by atoms with Crippen molar-refractivity contribution in [3.8, 4) is 0 Å². The van der Waals surface area contributed by atoms with E-state index in [2.05, 4.69) is 29.8 Å². The Labute approximate surface area is 76.6 Å². The van der Waals surface area contributed by atoms with Crippen LogP contribution in [-0.4, -0.2) is 11.7 Å². The molecule has 0 atom stereocenters. The topological polar surface area (TPSA) is 20.2 Å². The van der Waals surface area contributed by atoms with Gasteiger partial charge in [0.05, 0.1) is 6.61 Å². The smallest absolute Gasteiger partial charge is 0.0652 e. The average Bonchev–Trinajstić information content (AvgIpc) is 1.86. The SMILES string of the molecule is CC1(C)CCC(CO)=C(Br)C1. The maximum absolute atomic E-state index is 8.94. The normalized spacial score (nSPS) is 24.0. The number of hydrogen-bond acceptors (Lipinski definition) is 1. The van der Waals surface area contributed by atoms with E-state index in [-0.39, 0.29) is 6.61 Å². The largest absolute Gasteiger partial charge is 0.392 e. The van der Waals surface area contributed by atoms with Crippen molar-refractivity contribution in [1.82, 2.24) is 0 Å². The predicted octanol–water partition coefficient (Wildman–Crippen LogP) is 2.84. The van der Waals surface area contributed by atoms with Gasteiger partial charge in [-0.3, -0.25) is 0 Å². The maximum atomic E-state index is 8.94. The van der Waals surface area contributed by atoms with Crippen molar-refractivity contribution in [2.45, 2.75) is 33.1 Å². The Morgan fingerprint density at radius 3 is 2.64 bits per heavy atom. The fourth-order valence-electron chi connectivity index (χ4n) is 1.42. The standard InChI is InChI=1S/C9H15BrO/c1-9(2)4-3-7(6-11)8(10)5-9/h11H,3-6H2,1-2H3. The van der Waals surface area contributed by atoms with E-state index in [1.165, 1.54) is 16.5 Å². The number of aliphatic hydroxyl groups excluding tert-OH is 1. The van der Waals surface area contributed by atoms with Crippen LogP contribution in [0.25, 0.3) is 0 Å². The van der Waals surface area contributed by atoms with Crippen LogP contribution in [0.15, 0.2) is 10.1 Å². The van der Waals surface area contributed by atoms with Crippen LogP contribution in [0.5, 0.6) is 0 Å². The first-order valence-corrected chi connectivity index (χ1v) is 4.82. The second-order valence-corrected chi connectivity index (χ2v) is 4.96. The molecule has 2 heteroatoms. The zero-order valence-corrected chi connectivity index (χ0v) is 8.74. The van der Waals surface area contributed by atoms with Gasteiger partial charge in [0, 0.05) is 0 Å². The van der Waals surface area contributed by atoms with Gasteiger partial charge >= 0.3 is 0 Å². The maximum Gasteiger partial charge on any atom is 0.0652 e. The molecule has 0 heterocycles. The first-order chi connectivity index (χ1) is 5.05. The molecule has 0 amide bonds. The molecule has 64 valence electrons. The Morgan fingerprint density at radius 1 is 1.55 bits per heavy atom. The number of aliphatic hydroxyl groups is 1. The highest BCUT2D eigenvalue weighted by Gasteiger charge is 2.25. The lowest BCUT2D eigenvalue weighted by molar-refractivity contribution is 0.283. The molecule has 0 bridgehead atoms. The van der Waals surface area contributed by atoms with E-state index < -0.39 is 0 Å². The van der Waals surface area contributed by atoms with Crippen LogP contribution in [0.4, 0.5) is 0 Å². The van der Waals surface area contributed by atoms with Crippen LogP contribution in [-0.2, 0) is 0 Å². The van der Waals surface area contributed by atoms with Crippen molar-refractivity contribution in [2.75, 3.05) is 6.61 Å². The van der Waals surface area contributed by atoms with E-state index in [4.69, 9.17) is 5.11 Å². The van der Waals surface area contributed by atoms with Crippen molar-refractivity contribution < 1.29 is 5.11 Å². The molecule has 1 nitrogen and oxygen atoms in total. The van der Waals surface area contributed by atoms with Crippen LogP contribution in [0.1, 0.15) is 33.1 Å². The fourth-order valence-corrected chi connectivity index (χ4v) is 2.51. The minimum Gasteiger partial charge on any atom is -0.392 e. The summed E-state index contributed by atoms with van der Waals surface area (Å²) in [6, 6.07) is 0. The summed E-state index contributed by atoms with van der Waals surface area (Å²) in [5.74, 6) is 0. The molecule has 0 radical (unpaired) electrons. The van der Waals surface area contributed by atoms with Gasteiger partial charge in [-0.25, -0.2) is 0 Å². The molecule has 0 aromatic carbocycles. The molecule has 1 aliphatic carbocycles. The number of allylic oxidation sites excluding steroid dienone is 1. The minimum atomic E-state index is 0.219. The second-order valence-electron chi connectivity index (χ2n) is 4.01. The highest BCUT2D eigenvalue weighted by atomic mass is 79.9. The van der Waals surface area contributed by atoms with E-state index in [9.17, 15) is 0 Å². The van der Waals surface area contributed by atoms with Gasteiger partial charge in [0.2, 0.25) is 0 Å². The summed E-state index contributed by atoms with van der Waals surface area (Å²) in [7, 11) is 0. The van der Waals surface area contributed by atoms with Crippen molar-refractivity contribution in [1.29, 1.82) is 0 Å². The summed E-state index contributed by atoms with van der Waals surface area (Å²) in [5.41, 5.74) is 1.60. The van der Waals surface area contributed by atoms with Crippen LogP contribution in [0.3, 0.4) is 0 Å². The molecule has 0 aliphatic heterocycles. The zero-order chi connectivity index (χ0) is 8.48. The van der Waals surface area contributed by atoms with Crippen molar-refractivity contribution in [3.63, 3.8) is 0 Å². The van der Waals surface area contributed by atoms with Gasteiger partial charge in [-0.15, -0.1) is 0 Å². The molecule has 0 unspecified atom stereocenters. The summed E-state index contributed by atoms with van der Waals surface area (Å²) < 4.78 is 1.22. The Kier molecular flexibility index (Phi) is 2.76. The molecule has 11 heavy (non-hydrogen) atoms. The third-order valence-corrected chi connectivity index (χ3v) is 3.15. The summed E-state index contributed by atoms with van der Waals surface area (Å²) in [6.07, 6.45) is 3.31. The Morgan fingerprint density at radius 2 is 2.18 bits per heavy atom. The van der Waals surface area contributed by atoms with Gasteiger partial charge in [-0.05, 0) is 34.7 Å². The molecule has 0 spiro atoms. The van der Waals surface area contributed by atoms with Gasteiger partial charge in [-0.1, -0.05) is 29.8 Å². The van der Waals surface area contributed by atoms with Crippen molar-refractivity contribution in [3.05, 3.63) is 10.1 Å². The minimum absolute atomic E-state index is 0.219. The molecular formula is C9H15BrO. The molecule has 0 aromatic heterocycles. The molecular weight excluding hydrogens is 204 g/mol. The lowest BCUT2D eigenvalue weighted by Gasteiger charge is -2.30. The quantitative estimate of drug-likeness (QED) is 0.718. The van der Waals surface area contributed by atoms with E-state index in [0.717, 1.165) is 12.8 Å². The molecule has 1 rings (SSSR count). The lowest BCUT2D eigenvalue weighted by atomic mass is 9.78. The summed E-state index contributed by atoms with van der Waals surface area (Å²) in [4.78, 5) is 0. The van der Waals surface area contributed by atoms with Crippen LogP contribution in [0, 0.1) is 5.41 Å². The summed E-state index contributed by atoms with van der Waals surface area (Å²) in [5, 5.41) is 8.94. The number of hydrogen-bond donors (Lipinski definition) is 1. The van der Waals surface area contributed by atoms with E-state index in [1.54, 1.807) is 0 Å². The Bertz CT molecular complexity index is 182. The van der Waals surface area contributed by atoms with Gasteiger partial charge in [0.25, 0.3) is 0 Å². The zero-order valence-electron chi connectivity index (χ0n) is 7.15. The molecule has 0 saturated heterocycles. The molecule has 1 aliphatic rings. The van der Waals surface area contributed by atoms with Gasteiger partial charge in [0.15, 0.2) is 0 Å². The molecule has 0 fully saturated rings. The molecule has 0 saturated carbocycles. The molecule has 1 N–H and O–H groups in total. The van der Waals surface area contributed by atoms with Crippen molar-refractivity contribution >= 4 is 15.9 Å². The summed E-state index contributed by atoms with van der Waals surface area (Å²) >= 11 is 3.51. The third-order valence-electron chi connectivity index (χ3n) is 2.31. The number of halogens is 1. The Balaban J connectivity index is 2.71. The van der Waals surface area contributed by atoms with E-state index >= 15 is 0 Å². The second kappa shape index (κ2) is 3.28. The van der Waals surface area contributed by atoms with Crippen LogP contribution < -0.4 is 0 Å². The molecule has 0 aromatic rings. The third kappa shape index (κ3) is 2.31. The first kappa shape index (κ1) is 9.27. The highest BCUT2D eigenvalue weighted by molar-refractivity contribution is 9.11. The van der Waals surface area contributed by atoms with E-state index in [0.29, 0.717) is 5.41 Å². The van der Waals surface area contributed by atoms with Crippen LogP contribution >= 0.6 is 15.9 Å². The number of rotatable bonds is 1. The first-order valence-electron chi connectivity index (χ1n) is 4.02. The highest BCUT2D eigenvalue weighted by Crippen LogP contribution is 2.40. The van der Waals surface area contributed by atoms with Crippen molar-refractivity contribution in [2.24, 2.45) is 5.41 Å². The lowest BCUT2D eigenvalue weighted by Crippen LogP contribution is -2.17. The predicted molar refractivity (Wildman–Crippen MR) is 50.7 cm³/mol. The monoisotopic (exact) mass is 218 g/mol. The van der Waals surface area contributed by atoms with Gasteiger partial charge in [-0.2, -0.15) is 0 Å². The average molecular weight is 219 g/mol. The Hall–Kier alpha value is 0.180.